The van der Waals surface area contributed by atoms with Crippen LogP contribution in [-0.2, 0) is 16.0 Å². The number of allylic oxidation sites excluding steroid dienone is 1. The maximum absolute atomic E-state index is 13.8. The van der Waals surface area contributed by atoms with Gasteiger partial charge >= 0.3 is 5.97 Å². The number of hydrogen-bond donors (Lipinski definition) is 1. The highest BCUT2D eigenvalue weighted by molar-refractivity contribution is 6.05. The highest BCUT2D eigenvalue weighted by atomic mass is 19.1. The summed E-state index contributed by atoms with van der Waals surface area (Å²) in [6.45, 7) is 1.73. The summed E-state index contributed by atoms with van der Waals surface area (Å²) in [5, 5.41) is 2.54. The topological polar surface area (TPSA) is 55.4 Å². The van der Waals surface area contributed by atoms with Gasteiger partial charge in [-0.25, -0.2) is 13.6 Å². The minimum atomic E-state index is -0.913. The Hall–Kier alpha value is -3.02. The van der Waals surface area contributed by atoms with Crippen LogP contribution in [-0.4, -0.2) is 19.0 Å². The molecule has 0 aromatic heterocycles. The fourth-order valence-electron chi connectivity index (χ4n) is 3.34. The van der Waals surface area contributed by atoms with Crippen molar-refractivity contribution in [2.45, 2.75) is 26.2 Å². The Bertz CT molecular complexity index is 930. The van der Waals surface area contributed by atoms with Crippen LogP contribution in [0.5, 0.6) is 0 Å². The number of rotatable bonds is 3. The number of halogens is 2. The fourth-order valence-corrected chi connectivity index (χ4v) is 3.34. The number of benzene rings is 2. The van der Waals surface area contributed by atoms with E-state index in [4.69, 9.17) is 4.74 Å². The second-order valence-electron chi connectivity index (χ2n) is 6.37. The molecule has 0 fully saturated rings. The van der Waals surface area contributed by atoms with Crippen molar-refractivity contribution in [3.05, 3.63) is 70.3 Å². The highest BCUT2D eigenvalue weighted by Gasteiger charge is 2.21. The lowest BCUT2D eigenvalue weighted by molar-refractivity contribution is -0.135. The number of nitrogens with one attached hydrogen (secondary N) is 1. The number of methoxy groups -OCH3 is 1. The lowest BCUT2D eigenvalue weighted by Crippen LogP contribution is -2.16. The standard InChI is InChI=1S/C21H19F2NO3/c1-12(21(26)27-2)15-6-3-5-13-11-14(9-10-16(13)15)24-20(25)19-17(22)7-4-8-18(19)23/h4,7-11H,3,5-6H2,1-2H3,(H,24,25)/b15-12+. The van der Waals surface area contributed by atoms with Crippen LogP contribution in [0.2, 0.25) is 0 Å². The Labute approximate surface area is 155 Å². The first-order valence-corrected chi connectivity index (χ1v) is 8.59. The van der Waals surface area contributed by atoms with Crippen LogP contribution < -0.4 is 5.32 Å². The molecule has 27 heavy (non-hydrogen) atoms. The monoisotopic (exact) mass is 371 g/mol. The van der Waals surface area contributed by atoms with E-state index in [0.29, 0.717) is 11.3 Å². The molecule has 0 spiro atoms. The minimum absolute atomic E-state index is 0.370. The molecule has 0 saturated carbocycles. The Morgan fingerprint density at radius 1 is 1.07 bits per heavy atom. The summed E-state index contributed by atoms with van der Waals surface area (Å²) in [4.78, 5) is 24.1. The molecule has 6 heteroatoms. The summed E-state index contributed by atoms with van der Waals surface area (Å²) < 4.78 is 32.4. The van der Waals surface area contributed by atoms with Crippen LogP contribution >= 0.6 is 0 Å². The number of amides is 1. The SMILES string of the molecule is COC(=O)/C(C)=C1\CCCc2cc(NC(=O)c3c(F)cccc3F)ccc21. The summed E-state index contributed by atoms with van der Waals surface area (Å²) in [6, 6.07) is 8.53. The molecule has 1 amide bonds. The molecule has 2 aromatic rings. The quantitative estimate of drug-likeness (QED) is 0.638. The van der Waals surface area contributed by atoms with Gasteiger partial charge in [-0.3, -0.25) is 4.79 Å². The van der Waals surface area contributed by atoms with Gasteiger partial charge < -0.3 is 10.1 Å². The Balaban J connectivity index is 1.91. The molecule has 4 nitrogen and oxygen atoms in total. The van der Waals surface area contributed by atoms with Crippen molar-refractivity contribution >= 4 is 23.1 Å². The normalized spacial score (nSPS) is 15.0. The first-order valence-electron chi connectivity index (χ1n) is 8.59. The largest absolute Gasteiger partial charge is 0.466 e. The summed E-state index contributed by atoms with van der Waals surface area (Å²) in [5.74, 6) is -3.04. The van der Waals surface area contributed by atoms with Gasteiger partial charge in [-0.05, 0) is 67.2 Å². The molecule has 0 aliphatic heterocycles. The van der Waals surface area contributed by atoms with Crippen molar-refractivity contribution in [3.8, 4) is 0 Å². The van der Waals surface area contributed by atoms with Gasteiger partial charge in [0.2, 0.25) is 0 Å². The number of fused-ring (bicyclic) bond motifs is 1. The summed E-state index contributed by atoms with van der Waals surface area (Å²) in [6.07, 6.45) is 2.40. The summed E-state index contributed by atoms with van der Waals surface area (Å²) in [7, 11) is 1.34. The lowest BCUT2D eigenvalue weighted by atomic mass is 9.84. The second kappa shape index (κ2) is 7.70. The van der Waals surface area contributed by atoms with Gasteiger partial charge in [0.05, 0.1) is 7.11 Å². The molecule has 0 radical (unpaired) electrons. The molecule has 0 heterocycles. The van der Waals surface area contributed by atoms with Gasteiger partial charge in [0.15, 0.2) is 0 Å². The molecule has 2 aromatic carbocycles. The van der Waals surface area contributed by atoms with Crippen LogP contribution in [0.25, 0.3) is 5.57 Å². The zero-order chi connectivity index (χ0) is 19.6. The molecule has 0 unspecified atom stereocenters. The summed E-state index contributed by atoms with van der Waals surface area (Å²) >= 11 is 0. The van der Waals surface area contributed by atoms with Gasteiger partial charge in [0.25, 0.3) is 5.91 Å². The van der Waals surface area contributed by atoms with Gasteiger partial charge in [-0.2, -0.15) is 0 Å². The third-order valence-corrected chi connectivity index (χ3v) is 4.70. The molecule has 0 bridgehead atoms. The van der Waals surface area contributed by atoms with E-state index in [9.17, 15) is 18.4 Å². The molecule has 1 N–H and O–H groups in total. The van der Waals surface area contributed by atoms with Crippen molar-refractivity contribution in [3.63, 3.8) is 0 Å². The van der Waals surface area contributed by atoms with Crippen LogP contribution in [0.1, 0.15) is 41.3 Å². The summed E-state index contributed by atoms with van der Waals surface area (Å²) in [5.41, 5.74) is 3.20. The van der Waals surface area contributed by atoms with Crippen molar-refractivity contribution in [2.24, 2.45) is 0 Å². The molecule has 0 saturated heterocycles. The van der Waals surface area contributed by atoms with Gasteiger partial charge in [0, 0.05) is 11.3 Å². The molecule has 3 rings (SSSR count). The molecular weight excluding hydrogens is 352 g/mol. The fraction of sp³-hybridized carbons (Fsp3) is 0.238. The van der Waals surface area contributed by atoms with E-state index >= 15 is 0 Å². The van der Waals surface area contributed by atoms with Crippen LogP contribution in [0, 0.1) is 11.6 Å². The van der Waals surface area contributed by atoms with E-state index < -0.39 is 23.1 Å². The Kier molecular flexibility index (Phi) is 5.35. The maximum atomic E-state index is 13.8. The average molecular weight is 371 g/mol. The number of hydrogen-bond acceptors (Lipinski definition) is 3. The van der Waals surface area contributed by atoms with Gasteiger partial charge in [-0.1, -0.05) is 12.1 Å². The number of esters is 1. The second-order valence-corrected chi connectivity index (χ2v) is 6.37. The van der Waals surface area contributed by atoms with Crippen LogP contribution in [0.3, 0.4) is 0 Å². The number of carbonyl (C=O) groups is 2. The number of carbonyl (C=O) groups excluding carboxylic acids is 2. The van der Waals surface area contributed by atoms with Gasteiger partial charge in [-0.15, -0.1) is 0 Å². The third-order valence-electron chi connectivity index (χ3n) is 4.70. The van der Waals surface area contributed by atoms with E-state index in [1.807, 2.05) is 6.07 Å². The van der Waals surface area contributed by atoms with Gasteiger partial charge in [0.1, 0.15) is 17.2 Å². The average Bonchev–Trinajstić information content (AvgIpc) is 2.66. The predicted molar refractivity (Wildman–Crippen MR) is 98.3 cm³/mol. The van der Waals surface area contributed by atoms with E-state index in [2.05, 4.69) is 5.32 Å². The molecule has 1 aliphatic carbocycles. The van der Waals surface area contributed by atoms with Crippen LogP contribution in [0.15, 0.2) is 42.0 Å². The smallest absolute Gasteiger partial charge is 0.333 e. The number of anilines is 1. The van der Waals surface area contributed by atoms with Crippen molar-refractivity contribution in [1.82, 2.24) is 0 Å². The molecule has 1 aliphatic rings. The van der Waals surface area contributed by atoms with Crippen molar-refractivity contribution < 1.29 is 23.1 Å². The first-order chi connectivity index (χ1) is 12.9. The van der Waals surface area contributed by atoms with Crippen LogP contribution in [0.4, 0.5) is 14.5 Å². The number of aryl methyl sites for hydroxylation is 1. The van der Waals surface area contributed by atoms with Crippen molar-refractivity contribution in [1.29, 1.82) is 0 Å². The minimum Gasteiger partial charge on any atom is -0.466 e. The molecular formula is C21H19F2NO3. The zero-order valence-corrected chi connectivity index (χ0v) is 15.1. The van der Waals surface area contributed by atoms with E-state index in [0.717, 1.165) is 48.1 Å². The Morgan fingerprint density at radius 3 is 2.44 bits per heavy atom. The third kappa shape index (κ3) is 3.74. The lowest BCUT2D eigenvalue weighted by Gasteiger charge is -2.22. The number of ether oxygens (including phenoxy) is 1. The van der Waals surface area contributed by atoms with Crippen molar-refractivity contribution in [2.75, 3.05) is 12.4 Å². The van der Waals surface area contributed by atoms with E-state index in [1.54, 1.807) is 19.1 Å². The first kappa shape index (κ1) is 18.8. The van der Waals surface area contributed by atoms with E-state index in [-0.39, 0.29) is 5.97 Å². The highest BCUT2D eigenvalue weighted by Crippen LogP contribution is 2.35. The molecule has 0 atom stereocenters. The van der Waals surface area contributed by atoms with E-state index in [1.165, 1.54) is 13.2 Å². The Morgan fingerprint density at radius 2 is 1.78 bits per heavy atom. The molecule has 140 valence electrons. The maximum Gasteiger partial charge on any atom is 0.333 e. The predicted octanol–water partition coefficient (Wildman–Crippen LogP) is 4.50. The zero-order valence-electron chi connectivity index (χ0n) is 15.1.